The maximum Gasteiger partial charge on any atom is 0.250 e. The number of anilines is 1. The zero-order valence-corrected chi connectivity index (χ0v) is 19.7. The number of para-hydroxylation sites is 1. The number of benzene rings is 2. The van der Waals surface area contributed by atoms with E-state index < -0.39 is 5.25 Å². The van der Waals surface area contributed by atoms with E-state index in [1.165, 1.54) is 11.8 Å². The molecule has 5 rings (SSSR count). The Morgan fingerprint density at radius 3 is 2.42 bits per heavy atom. The molecule has 2 aromatic carbocycles. The summed E-state index contributed by atoms with van der Waals surface area (Å²) in [6.07, 6.45) is 1.07. The van der Waals surface area contributed by atoms with Crippen LogP contribution in [0.1, 0.15) is 28.8 Å². The van der Waals surface area contributed by atoms with Gasteiger partial charge in [0.25, 0.3) is 5.56 Å². The molecule has 5 nitrogen and oxygen atoms in total. The number of aromatic nitrogens is 1. The summed E-state index contributed by atoms with van der Waals surface area (Å²) in [7, 11) is 0. The first-order valence-corrected chi connectivity index (χ1v) is 12.4. The van der Waals surface area contributed by atoms with Gasteiger partial charge < -0.3 is 14.8 Å². The fraction of sp³-hybridized carbons (Fsp3) is 0.269. The van der Waals surface area contributed by atoms with Gasteiger partial charge in [-0.25, -0.2) is 0 Å². The number of hydrogen-bond acceptors (Lipinski definition) is 4. The largest absolute Gasteiger partial charge is 0.356 e. The fourth-order valence-electron chi connectivity index (χ4n) is 4.85. The molecule has 0 radical (unpaired) electrons. The highest BCUT2D eigenvalue weighted by molar-refractivity contribution is 8.23. The standard InChI is InChI=1S/C26H25N3O2S2/c30-23-13-7-12-22-20-14-18(16-29(22)23)15-28(17-20)26(32)33-24(19-8-3-1-4-9-19)25(31)27-21-10-5-2-6-11-21/h1-13,18,20,24H,14-17H2,(H,27,31)/t18-,20-,24-/m0/s1. The van der Waals surface area contributed by atoms with Crippen molar-refractivity contribution in [3.63, 3.8) is 0 Å². The van der Waals surface area contributed by atoms with Gasteiger partial charge in [-0.3, -0.25) is 9.59 Å². The van der Waals surface area contributed by atoms with Crippen molar-refractivity contribution in [2.45, 2.75) is 24.1 Å². The van der Waals surface area contributed by atoms with Gasteiger partial charge in [0.15, 0.2) is 0 Å². The maximum atomic E-state index is 13.3. The van der Waals surface area contributed by atoms with Crippen LogP contribution >= 0.6 is 24.0 Å². The Morgan fingerprint density at radius 1 is 0.939 bits per heavy atom. The average molecular weight is 476 g/mol. The van der Waals surface area contributed by atoms with Crippen LogP contribution in [-0.2, 0) is 11.3 Å². The summed E-state index contributed by atoms with van der Waals surface area (Å²) in [5.74, 6) is 0.565. The summed E-state index contributed by atoms with van der Waals surface area (Å²) in [5, 5.41) is 2.58. The highest BCUT2D eigenvalue weighted by Gasteiger charge is 2.36. The Balaban J connectivity index is 1.35. The van der Waals surface area contributed by atoms with Gasteiger partial charge in [-0.05, 0) is 36.1 Å². The summed E-state index contributed by atoms with van der Waals surface area (Å²) < 4.78 is 2.65. The van der Waals surface area contributed by atoms with Crippen LogP contribution in [0.3, 0.4) is 0 Å². The number of carbonyl (C=O) groups excluding carboxylic acids is 1. The van der Waals surface area contributed by atoms with Crippen LogP contribution in [0.5, 0.6) is 0 Å². The van der Waals surface area contributed by atoms with Gasteiger partial charge >= 0.3 is 0 Å². The third-order valence-corrected chi connectivity index (χ3v) is 8.07. The number of piperidine rings is 1. The number of carbonyl (C=O) groups is 1. The first-order valence-electron chi connectivity index (χ1n) is 11.1. The molecule has 3 atom stereocenters. The summed E-state index contributed by atoms with van der Waals surface area (Å²) in [6, 6.07) is 24.8. The highest BCUT2D eigenvalue weighted by atomic mass is 32.2. The zero-order chi connectivity index (χ0) is 22.8. The molecule has 0 spiro atoms. The van der Waals surface area contributed by atoms with Gasteiger partial charge in [-0.15, -0.1) is 0 Å². The van der Waals surface area contributed by atoms with Crippen molar-refractivity contribution in [1.82, 2.24) is 9.47 Å². The monoisotopic (exact) mass is 475 g/mol. The molecule has 2 aliphatic rings. The van der Waals surface area contributed by atoms with Crippen molar-refractivity contribution in [3.05, 3.63) is 100 Å². The Bertz CT molecular complexity index is 1210. The molecule has 0 unspecified atom stereocenters. The van der Waals surface area contributed by atoms with Crippen molar-refractivity contribution >= 4 is 39.9 Å². The molecule has 0 saturated carbocycles. The number of nitrogens with zero attached hydrogens (tertiary/aromatic N) is 2. The van der Waals surface area contributed by atoms with Crippen LogP contribution in [0.2, 0.25) is 0 Å². The molecule has 1 amide bonds. The Kier molecular flexibility index (Phi) is 6.33. The van der Waals surface area contributed by atoms with E-state index >= 15 is 0 Å². The first kappa shape index (κ1) is 21.9. The lowest BCUT2D eigenvalue weighted by Crippen LogP contribution is -2.48. The third kappa shape index (κ3) is 4.75. The minimum Gasteiger partial charge on any atom is -0.356 e. The van der Waals surface area contributed by atoms with E-state index in [0.29, 0.717) is 5.92 Å². The summed E-state index contributed by atoms with van der Waals surface area (Å²) in [4.78, 5) is 27.8. The van der Waals surface area contributed by atoms with Crippen LogP contribution < -0.4 is 10.9 Å². The molecular formula is C26H25N3O2S2. The topological polar surface area (TPSA) is 54.3 Å². The van der Waals surface area contributed by atoms with Crippen molar-refractivity contribution in [2.24, 2.45) is 5.92 Å². The number of pyridine rings is 1. The van der Waals surface area contributed by atoms with Crippen molar-refractivity contribution in [2.75, 3.05) is 18.4 Å². The van der Waals surface area contributed by atoms with Crippen molar-refractivity contribution in [1.29, 1.82) is 0 Å². The molecule has 2 aliphatic heterocycles. The third-order valence-electron chi connectivity index (χ3n) is 6.34. The van der Waals surface area contributed by atoms with E-state index in [0.717, 1.165) is 47.3 Å². The summed E-state index contributed by atoms with van der Waals surface area (Å²) >= 11 is 7.31. The average Bonchev–Trinajstić information content (AvgIpc) is 2.84. The quantitative estimate of drug-likeness (QED) is 0.556. The number of amides is 1. The lowest BCUT2D eigenvalue weighted by molar-refractivity contribution is -0.115. The van der Waals surface area contributed by atoms with E-state index in [9.17, 15) is 9.59 Å². The van der Waals surface area contributed by atoms with E-state index in [2.05, 4.69) is 16.3 Å². The van der Waals surface area contributed by atoms with E-state index in [1.54, 1.807) is 6.07 Å². The zero-order valence-electron chi connectivity index (χ0n) is 18.1. The fourth-order valence-corrected chi connectivity index (χ4v) is 6.25. The highest BCUT2D eigenvalue weighted by Crippen LogP contribution is 2.38. The molecule has 1 fully saturated rings. The van der Waals surface area contributed by atoms with Crippen molar-refractivity contribution < 1.29 is 4.79 Å². The van der Waals surface area contributed by atoms with Gasteiger partial charge in [0.2, 0.25) is 5.91 Å². The number of rotatable bonds is 4. The normalized spacial score (nSPS) is 19.9. The molecular weight excluding hydrogens is 450 g/mol. The van der Waals surface area contributed by atoms with E-state index in [4.69, 9.17) is 12.2 Å². The number of thiocarbonyl (C=S) groups is 1. The minimum absolute atomic E-state index is 0.0781. The molecule has 33 heavy (non-hydrogen) atoms. The van der Waals surface area contributed by atoms with Crippen LogP contribution in [-0.4, -0.2) is 32.8 Å². The van der Waals surface area contributed by atoms with Gasteiger partial charge in [0.05, 0.1) is 0 Å². The SMILES string of the molecule is O=C(Nc1ccccc1)[C@@H](SC(=S)N1C[C@@H]2C[C@@H](C1)c1cccc(=O)n1C2)c1ccccc1. The molecule has 1 N–H and O–H groups in total. The number of thioether (sulfide) groups is 1. The van der Waals surface area contributed by atoms with Gasteiger partial charge in [-0.1, -0.05) is 78.6 Å². The van der Waals surface area contributed by atoms with E-state index in [-0.39, 0.29) is 17.4 Å². The molecule has 3 heterocycles. The Hall–Kier alpha value is -2.90. The predicted molar refractivity (Wildman–Crippen MR) is 138 cm³/mol. The number of nitrogens with one attached hydrogen (secondary N) is 1. The molecule has 3 aromatic rings. The number of hydrogen-bond donors (Lipinski definition) is 1. The summed E-state index contributed by atoms with van der Waals surface area (Å²) in [6.45, 7) is 2.31. The lowest BCUT2D eigenvalue weighted by Gasteiger charge is -2.43. The van der Waals surface area contributed by atoms with Crippen LogP contribution in [0.4, 0.5) is 5.69 Å². The van der Waals surface area contributed by atoms with Crippen LogP contribution in [0, 0.1) is 5.92 Å². The molecule has 1 aromatic heterocycles. The molecule has 0 aliphatic carbocycles. The molecule has 1 saturated heterocycles. The Labute approximate surface area is 202 Å². The smallest absolute Gasteiger partial charge is 0.250 e. The lowest BCUT2D eigenvalue weighted by atomic mass is 9.83. The maximum absolute atomic E-state index is 13.3. The number of fused-ring (bicyclic) bond motifs is 4. The van der Waals surface area contributed by atoms with Crippen molar-refractivity contribution in [3.8, 4) is 0 Å². The van der Waals surface area contributed by atoms with Crippen LogP contribution in [0.25, 0.3) is 0 Å². The number of likely N-dealkylation sites (tertiary alicyclic amines) is 1. The second-order valence-electron chi connectivity index (χ2n) is 8.63. The predicted octanol–water partition coefficient (Wildman–Crippen LogP) is 4.67. The van der Waals surface area contributed by atoms with Gasteiger partial charge in [0, 0.05) is 43.0 Å². The second-order valence-corrected chi connectivity index (χ2v) is 10.4. The molecule has 2 bridgehead atoms. The van der Waals surface area contributed by atoms with Crippen LogP contribution in [0.15, 0.2) is 83.7 Å². The first-order chi connectivity index (χ1) is 16.1. The summed E-state index contributed by atoms with van der Waals surface area (Å²) in [5.41, 5.74) is 2.86. The van der Waals surface area contributed by atoms with Gasteiger partial charge in [0.1, 0.15) is 9.57 Å². The molecule has 7 heteroatoms. The molecule has 168 valence electrons. The van der Waals surface area contributed by atoms with E-state index in [1.807, 2.05) is 71.3 Å². The Morgan fingerprint density at radius 2 is 1.67 bits per heavy atom. The van der Waals surface area contributed by atoms with Gasteiger partial charge in [-0.2, -0.15) is 0 Å². The minimum atomic E-state index is -0.449. The second kappa shape index (κ2) is 9.53.